The standard InChI is InChI=1S/C21H25N3O4/c1-15(25)23-10-12-24(13-11-23)18-7-5-4-6-17(18)22-21(26)16-8-9-19(27-2)20(14-16)28-3/h4-9,14H,10-13H2,1-3H3,(H,22,26). The zero-order valence-corrected chi connectivity index (χ0v) is 16.4. The second kappa shape index (κ2) is 8.65. The highest BCUT2D eigenvalue weighted by Gasteiger charge is 2.21. The molecule has 0 aromatic heterocycles. The van der Waals surface area contributed by atoms with E-state index < -0.39 is 0 Å². The van der Waals surface area contributed by atoms with Gasteiger partial charge in [-0.15, -0.1) is 0 Å². The maximum atomic E-state index is 12.8. The summed E-state index contributed by atoms with van der Waals surface area (Å²) in [4.78, 5) is 28.3. The van der Waals surface area contributed by atoms with Gasteiger partial charge in [-0.3, -0.25) is 9.59 Å². The highest BCUT2D eigenvalue weighted by atomic mass is 16.5. The number of carbonyl (C=O) groups excluding carboxylic acids is 2. The van der Waals surface area contributed by atoms with Gasteiger partial charge in [-0.25, -0.2) is 0 Å². The molecule has 0 spiro atoms. The van der Waals surface area contributed by atoms with Gasteiger partial charge < -0.3 is 24.6 Å². The number of rotatable bonds is 5. The van der Waals surface area contributed by atoms with Gasteiger partial charge in [0.05, 0.1) is 25.6 Å². The van der Waals surface area contributed by atoms with E-state index in [4.69, 9.17) is 9.47 Å². The molecule has 2 amide bonds. The second-order valence-corrected chi connectivity index (χ2v) is 6.53. The van der Waals surface area contributed by atoms with Crippen molar-refractivity contribution < 1.29 is 19.1 Å². The first kappa shape index (κ1) is 19.5. The van der Waals surface area contributed by atoms with E-state index in [1.807, 2.05) is 29.2 Å². The Hall–Kier alpha value is -3.22. The van der Waals surface area contributed by atoms with E-state index in [1.165, 1.54) is 7.11 Å². The van der Waals surface area contributed by atoms with Gasteiger partial charge in [0.15, 0.2) is 11.5 Å². The Morgan fingerprint density at radius 2 is 1.61 bits per heavy atom. The van der Waals surface area contributed by atoms with Crippen molar-refractivity contribution in [3.05, 3.63) is 48.0 Å². The van der Waals surface area contributed by atoms with Crippen LogP contribution in [0.2, 0.25) is 0 Å². The summed E-state index contributed by atoms with van der Waals surface area (Å²) in [5.74, 6) is 0.942. The molecule has 1 saturated heterocycles. The van der Waals surface area contributed by atoms with Gasteiger partial charge in [-0.05, 0) is 30.3 Å². The minimum atomic E-state index is -0.226. The Morgan fingerprint density at radius 1 is 0.929 bits per heavy atom. The van der Waals surface area contributed by atoms with Crippen molar-refractivity contribution in [2.75, 3.05) is 50.6 Å². The first-order valence-corrected chi connectivity index (χ1v) is 9.16. The van der Waals surface area contributed by atoms with Crippen LogP contribution >= 0.6 is 0 Å². The number of anilines is 2. The molecule has 7 heteroatoms. The summed E-state index contributed by atoms with van der Waals surface area (Å²) < 4.78 is 10.5. The molecule has 148 valence electrons. The summed E-state index contributed by atoms with van der Waals surface area (Å²) in [6, 6.07) is 12.8. The monoisotopic (exact) mass is 383 g/mol. The lowest BCUT2D eigenvalue weighted by atomic mass is 10.1. The molecule has 0 unspecified atom stereocenters. The number of amides is 2. The number of carbonyl (C=O) groups is 2. The summed E-state index contributed by atoms with van der Waals surface area (Å²) in [6.45, 7) is 4.39. The Labute approximate surface area is 164 Å². The van der Waals surface area contributed by atoms with Crippen LogP contribution in [0.5, 0.6) is 11.5 Å². The zero-order chi connectivity index (χ0) is 20.1. The van der Waals surface area contributed by atoms with Crippen molar-refractivity contribution in [2.45, 2.75) is 6.92 Å². The average molecular weight is 383 g/mol. The van der Waals surface area contributed by atoms with Crippen LogP contribution in [-0.2, 0) is 4.79 Å². The van der Waals surface area contributed by atoms with Gasteiger partial charge in [0.25, 0.3) is 5.91 Å². The van der Waals surface area contributed by atoms with Crippen molar-refractivity contribution in [1.82, 2.24) is 4.90 Å². The molecule has 0 radical (unpaired) electrons. The summed E-state index contributed by atoms with van der Waals surface area (Å²) in [6.07, 6.45) is 0. The molecule has 1 heterocycles. The molecular formula is C21H25N3O4. The highest BCUT2D eigenvalue weighted by Crippen LogP contribution is 2.30. The molecule has 0 aliphatic carbocycles. The van der Waals surface area contributed by atoms with E-state index in [-0.39, 0.29) is 11.8 Å². The van der Waals surface area contributed by atoms with E-state index in [0.717, 1.165) is 24.5 Å². The van der Waals surface area contributed by atoms with Crippen LogP contribution in [0, 0.1) is 0 Å². The normalized spacial score (nSPS) is 13.8. The zero-order valence-electron chi connectivity index (χ0n) is 16.4. The van der Waals surface area contributed by atoms with Gasteiger partial charge in [-0.1, -0.05) is 12.1 Å². The van der Waals surface area contributed by atoms with Crippen LogP contribution < -0.4 is 19.7 Å². The van der Waals surface area contributed by atoms with Crippen LogP contribution in [0.25, 0.3) is 0 Å². The van der Waals surface area contributed by atoms with Crippen molar-refractivity contribution >= 4 is 23.2 Å². The molecule has 3 rings (SSSR count). The number of hydrogen-bond donors (Lipinski definition) is 1. The molecule has 0 saturated carbocycles. The quantitative estimate of drug-likeness (QED) is 0.859. The minimum absolute atomic E-state index is 0.0923. The van der Waals surface area contributed by atoms with E-state index in [2.05, 4.69) is 10.2 Å². The van der Waals surface area contributed by atoms with Crippen LogP contribution in [-0.4, -0.2) is 57.1 Å². The van der Waals surface area contributed by atoms with E-state index >= 15 is 0 Å². The molecule has 1 fully saturated rings. The van der Waals surface area contributed by atoms with E-state index in [9.17, 15) is 9.59 Å². The van der Waals surface area contributed by atoms with E-state index in [1.54, 1.807) is 32.2 Å². The third-order valence-electron chi connectivity index (χ3n) is 4.86. The smallest absolute Gasteiger partial charge is 0.255 e. The number of benzene rings is 2. The SMILES string of the molecule is COc1ccc(C(=O)Nc2ccccc2N2CCN(C(C)=O)CC2)cc1OC. The average Bonchev–Trinajstić information content (AvgIpc) is 2.73. The highest BCUT2D eigenvalue weighted by molar-refractivity contribution is 6.06. The van der Waals surface area contributed by atoms with Crippen LogP contribution in [0.1, 0.15) is 17.3 Å². The van der Waals surface area contributed by atoms with Crippen LogP contribution in [0.4, 0.5) is 11.4 Å². The maximum Gasteiger partial charge on any atom is 0.255 e. The molecule has 2 aromatic rings. The number of nitrogens with zero attached hydrogens (tertiary/aromatic N) is 2. The topological polar surface area (TPSA) is 71.1 Å². The van der Waals surface area contributed by atoms with Crippen LogP contribution in [0.3, 0.4) is 0 Å². The third kappa shape index (κ3) is 4.19. The molecule has 1 aliphatic rings. The summed E-state index contributed by atoms with van der Waals surface area (Å²) >= 11 is 0. The van der Waals surface area contributed by atoms with Gasteiger partial charge in [0, 0.05) is 38.7 Å². The lowest BCUT2D eigenvalue weighted by Crippen LogP contribution is -2.48. The van der Waals surface area contributed by atoms with Crippen molar-refractivity contribution in [3.63, 3.8) is 0 Å². The fourth-order valence-corrected chi connectivity index (χ4v) is 3.29. The van der Waals surface area contributed by atoms with Crippen molar-refractivity contribution in [2.24, 2.45) is 0 Å². The Bertz CT molecular complexity index is 860. The molecule has 2 aromatic carbocycles. The molecule has 1 aliphatic heterocycles. The number of piperazine rings is 1. The van der Waals surface area contributed by atoms with E-state index in [0.29, 0.717) is 30.2 Å². The minimum Gasteiger partial charge on any atom is -0.493 e. The molecule has 28 heavy (non-hydrogen) atoms. The Kier molecular flexibility index (Phi) is 6.03. The first-order chi connectivity index (χ1) is 13.5. The fraction of sp³-hybridized carbons (Fsp3) is 0.333. The molecule has 0 atom stereocenters. The Morgan fingerprint density at radius 3 is 2.25 bits per heavy atom. The van der Waals surface area contributed by atoms with Gasteiger partial charge >= 0.3 is 0 Å². The number of nitrogens with one attached hydrogen (secondary N) is 1. The Balaban J connectivity index is 1.77. The number of methoxy groups -OCH3 is 2. The third-order valence-corrected chi connectivity index (χ3v) is 4.86. The van der Waals surface area contributed by atoms with Gasteiger partial charge in [-0.2, -0.15) is 0 Å². The summed E-state index contributed by atoms with van der Waals surface area (Å²) in [7, 11) is 3.09. The molecule has 0 bridgehead atoms. The second-order valence-electron chi connectivity index (χ2n) is 6.53. The van der Waals surface area contributed by atoms with Crippen molar-refractivity contribution in [1.29, 1.82) is 0 Å². The lowest BCUT2D eigenvalue weighted by Gasteiger charge is -2.36. The predicted molar refractivity (Wildman–Crippen MR) is 108 cm³/mol. The summed E-state index contributed by atoms with van der Waals surface area (Å²) in [5, 5.41) is 2.99. The molecular weight excluding hydrogens is 358 g/mol. The summed E-state index contributed by atoms with van der Waals surface area (Å²) in [5.41, 5.74) is 2.16. The van der Waals surface area contributed by atoms with Gasteiger partial charge in [0.2, 0.25) is 5.91 Å². The predicted octanol–water partition coefficient (Wildman–Crippen LogP) is 2.62. The first-order valence-electron chi connectivity index (χ1n) is 9.16. The lowest BCUT2D eigenvalue weighted by molar-refractivity contribution is -0.129. The number of ether oxygens (including phenoxy) is 2. The largest absolute Gasteiger partial charge is 0.493 e. The van der Waals surface area contributed by atoms with Crippen molar-refractivity contribution in [3.8, 4) is 11.5 Å². The van der Waals surface area contributed by atoms with Crippen LogP contribution in [0.15, 0.2) is 42.5 Å². The molecule has 1 N–H and O–H groups in total. The maximum absolute atomic E-state index is 12.8. The number of hydrogen-bond acceptors (Lipinski definition) is 5. The molecule has 7 nitrogen and oxygen atoms in total. The van der Waals surface area contributed by atoms with Gasteiger partial charge in [0.1, 0.15) is 0 Å². The number of para-hydroxylation sites is 2. The fourth-order valence-electron chi connectivity index (χ4n) is 3.29.